The first-order valence-electron chi connectivity index (χ1n) is 30.9. The average Bonchev–Trinajstić information content (AvgIpc) is 0.986. The first kappa shape index (κ1) is 74.2. The van der Waals surface area contributed by atoms with E-state index in [0.717, 1.165) is 44.5 Å². The molecule has 0 radical (unpaired) electrons. The van der Waals surface area contributed by atoms with Crippen molar-refractivity contribution in [2.24, 2.45) is 0 Å². The molecule has 1 aliphatic rings. The minimum atomic E-state index is -4.28. The number of benzene rings is 4. The van der Waals surface area contributed by atoms with Crippen LogP contribution in [0.5, 0.6) is 0 Å². The standard InChI is InChI=1S/C72H108N4O8S4/c1-65(2,3)53-41-54(66(4,5)6)46-61(45-53)85(77,78)73-33-25-27-35-74(86(79,80)62-47-55(67(7,8)9)42-56(48-62)68(10,11)12)37-29-31-39-76(88(83,84)64-51-59(71(19,20)21)44-60(52-64)72(22,23)24)40-32-30-38-75(36-28-26-34-73)87(81,82)63-49-57(69(13,14)15)43-58(50-63)70(16,17)18/h25-32,41-52H,33-40H2,1-24H3/b27-25-,28-26+,31-29+,32-30+. The zero-order valence-corrected chi connectivity index (χ0v) is 61.2. The first-order chi connectivity index (χ1) is 39.7. The highest BCUT2D eigenvalue weighted by Gasteiger charge is 2.34. The molecule has 0 aliphatic carbocycles. The second-order valence-electron chi connectivity index (χ2n) is 32.2. The molecule has 1 aliphatic heterocycles. The third kappa shape index (κ3) is 18.8. The van der Waals surface area contributed by atoms with Crippen molar-refractivity contribution in [1.29, 1.82) is 0 Å². The molecule has 0 N–H and O–H groups in total. The van der Waals surface area contributed by atoms with Gasteiger partial charge in [0.05, 0.1) is 19.6 Å². The van der Waals surface area contributed by atoms with Gasteiger partial charge in [0.1, 0.15) is 0 Å². The van der Waals surface area contributed by atoms with E-state index in [1.54, 1.807) is 97.1 Å². The molecule has 0 atom stereocenters. The van der Waals surface area contributed by atoms with E-state index in [1.165, 1.54) is 17.2 Å². The fourth-order valence-electron chi connectivity index (χ4n) is 9.67. The molecule has 0 fully saturated rings. The number of nitrogens with zero attached hydrogens (tertiary/aromatic N) is 4. The number of rotatable bonds is 8. The van der Waals surface area contributed by atoms with Crippen LogP contribution in [0.15, 0.2) is 141 Å². The lowest BCUT2D eigenvalue weighted by atomic mass is 9.81. The summed E-state index contributed by atoms with van der Waals surface area (Å²) >= 11 is 0. The topological polar surface area (TPSA) is 150 Å². The molecule has 0 unspecified atom stereocenters. The largest absolute Gasteiger partial charge is 0.243 e. The van der Waals surface area contributed by atoms with Crippen LogP contribution in [0, 0.1) is 0 Å². The van der Waals surface area contributed by atoms with Gasteiger partial charge in [0.15, 0.2) is 0 Å². The quantitative estimate of drug-likeness (QED) is 0.158. The lowest BCUT2D eigenvalue weighted by molar-refractivity contribution is 0.457. The van der Waals surface area contributed by atoms with Gasteiger partial charge in [0.25, 0.3) is 0 Å². The van der Waals surface area contributed by atoms with Crippen LogP contribution in [0.2, 0.25) is 0 Å². The van der Waals surface area contributed by atoms with Crippen LogP contribution in [0.4, 0.5) is 0 Å². The highest BCUT2D eigenvalue weighted by atomic mass is 32.2. The molecule has 0 saturated carbocycles. The Hall–Kier alpha value is -4.52. The first-order valence-corrected chi connectivity index (χ1v) is 36.7. The fraction of sp³-hybridized carbons (Fsp3) is 0.556. The van der Waals surface area contributed by atoms with Gasteiger partial charge >= 0.3 is 0 Å². The summed E-state index contributed by atoms with van der Waals surface area (Å²) in [5, 5.41) is 0. The summed E-state index contributed by atoms with van der Waals surface area (Å²) in [5.41, 5.74) is 3.60. The Kier molecular flexibility index (Phi) is 22.4. The van der Waals surface area contributed by atoms with Crippen LogP contribution in [0.25, 0.3) is 0 Å². The Labute approximate surface area is 534 Å². The lowest BCUT2D eigenvalue weighted by Crippen LogP contribution is -2.35. The molecule has 0 spiro atoms. The Balaban J connectivity index is 1.78. The van der Waals surface area contributed by atoms with Crippen LogP contribution in [0.1, 0.15) is 211 Å². The van der Waals surface area contributed by atoms with E-state index in [-0.39, 0.29) is 71.9 Å². The normalized spacial score (nSPS) is 18.6. The van der Waals surface area contributed by atoms with Crippen LogP contribution < -0.4 is 0 Å². The maximum absolute atomic E-state index is 15.3. The molecule has 0 saturated heterocycles. The molecular weight excluding hydrogens is 1180 g/mol. The maximum Gasteiger partial charge on any atom is 0.243 e. The lowest BCUT2D eigenvalue weighted by Gasteiger charge is -2.28. The van der Waals surface area contributed by atoms with E-state index in [0.29, 0.717) is 0 Å². The Morgan fingerprint density at radius 3 is 0.398 bits per heavy atom. The van der Waals surface area contributed by atoms with E-state index in [2.05, 4.69) is 24.3 Å². The summed E-state index contributed by atoms with van der Waals surface area (Å²) in [6.45, 7) is 47.8. The summed E-state index contributed by atoms with van der Waals surface area (Å²) in [6.07, 6.45) is 13.2. The second-order valence-corrected chi connectivity index (χ2v) is 39.9. The third-order valence-corrected chi connectivity index (χ3v) is 23.5. The highest BCUT2D eigenvalue weighted by Crippen LogP contribution is 2.38. The predicted octanol–water partition coefficient (Wildman–Crippen LogP) is 15.4. The van der Waals surface area contributed by atoms with Gasteiger partial charge in [0, 0.05) is 52.4 Å². The maximum atomic E-state index is 15.3. The van der Waals surface area contributed by atoms with Crippen LogP contribution in [-0.2, 0) is 83.4 Å². The van der Waals surface area contributed by atoms with Gasteiger partial charge in [-0.2, -0.15) is 17.2 Å². The van der Waals surface area contributed by atoms with Crippen molar-refractivity contribution in [1.82, 2.24) is 17.2 Å². The van der Waals surface area contributed by atoms with Crippen molar-refractivity contribution in [3.8, 4) is 0 Å². The van der Waals surface area contributed by atoms with Gasteiger partial charge in [-0.05, 0) is 136 Å². The molecule has 12 nitrogen and oxygen atoms in total. The zero-order valence-electron chi connectivity index (χ0n) is 57.9. The van der Waals surface area contributed by atoms with Crippen molar-refractivity contribution in [2.75, 3.05) is 52.4 Å². The molecule has 1 heterocycles. The summed E-state index contributed by atoms with van der Waals surface area (Å²) in [5.74, 6) is 0. The molecule has 4 aromatic rings. The monoisotopic (exact) mass is 1280 g/mol. The molecule has 488 valence electrons. The van der Waals surface area contributed by atoms with Gasteiger partial charge in [-0.15, -0.1) is 0 Å². The molecule has 0 bridgehead atoms. The SMILES string of the molecule is CC(C)(C)c1cc(C(C)(C)C)cc(S(=O)(=O)N2C/C=C\CN(S(=O)(=O)c3cc(C(C)(C)C)cc(C(C)(C)C)c3)C/C=C/CN(S(=O)(=O)c3cc(C(C)(C)C)cc(C(C)(C)C)c3)C/C=C/CN(S(=O)(=O)c3cc(C(C)(C)C)cc(C(C)(C)C)c3)C/C=C/C2)c1. The molecule has 4 aromatic carbocycles. The van der Waals surface area contributed by atoms with Gasteiger partial charge < -0.3 is 0 Å². The molecule has 16 heteroatoms. The Morgan fingerprint density at radius 1 is 0.205 bits per heavy atom. The van der Waals surface area contributed by atoms with Gasteiger partial charge in [0.2, 0.25) is 40.1 Å². The number of hydrogen-bond acceptors (Lipinski definition) is 8. The van der Waals surface area contributed by atoms with E-state index < -0.39 is 83.4 Å². The smallest absolute Gasteiger partial charge is 0.207 e. The minimum Gasteiger partial charge on any atom is -0.207 e. The molecule has 5 rings (SSSR count). The molecule has 88 heavy (non-hydrogen) atoms. The summed E-state index contributed by atoms with van der Waals surface area (Å²) in [7, 11) is -17.1. The van der Waals surface area contributed by atoms with E-state index >= 15 is 33.7 Å². The number of hydrogen-bond donors (Lipinski definition) is 0. The van der Waals surface area contributed by atoms with Crippen molar-refractivity contribution < 1.29 is 33.7 Å². The van der Waals surface area contributed by atoms with Gasteiger partial charge in [-0.25, -0.2) is 33.7 Å². The molecular formula is C72H108N4O8S4. The van der Waals surface area contributed by atoms with Crippen molar-refractivity contribution in [2.45, 2.75) is 229 Å². The van der Waals surface area contributed by atoms with Crippen LogP contribution in [0.3, 0.4) is 0 Å². The Morgan fingerprint density at radius 2 is 0.307 bits per heavy atom. The van der Waals surface area contributed by atoms with E-state index in [1.807, 2.05) is 166 Å². The highest BCUT2D eigenvalue weighted by molar-refractivity contribution is 7.90. The fourth-order valence-corrected chi connectivity index (χ4v) is 15.3. The average molecular weight is 1290 g/mol. The van der Waals surface area contributed by atoms with Crippen molar-refractivity contribution in [3.05, 3.63) is 166 Å². The molecule has 0 amide bonds. The predicted molar refractivity (Wildman–Crippen MR) is 367 cm³/mol. The van der Waals surface area contributed by atoms with Gasteiger partial charge in [-0.3, -0.25) is 0 Å². The summed E-state index contributed by atoms with van der Waals surface area (Å²) < 4.78 is 128. The number of sulfonamides is 4. The summed E-state index contributed by atoms with van der Waals surface area (Å²) in [6, 6.07) is 22.0. The Bertz CT molecular complexity index is 3090. The minimum absolute atomic E-state index is 0.110. The summed E-state index contributed by atoms with van der Waals surface area (Å²) in [4.78, 5) is 0.441. The van der Waals surface area contributed by atoms with E-state index in [9.17, 15) is 0 Å². The van der Waals surface area contributed by atoms with Crippen LogP contribution >= 0.6 is 0 Å². The van der Waals surface area contributed by atoms with Crippen LogP contribution in [-0.4, -0.2) is 103 Å². The van der Waals surface area contributed by atoms with Crippen molar-refractivity contribution >= 4 is 40.1 Å². The second kappa shape index (κ2) is 26.6. The molecule has 0 aromatic heterocycles. The van der Waals surface area contributed by atoms with E-state index in [4.69, 9.17) is 0 Å². The van der Waals surface area contributed by atoms with Gasteiger partial charge in [-0.1, -0.05) is 239 Å². The van der Waals surface area contributed by atoms with Crippen molar-refractivity contribution in [3.63, 3.8) is 0 Å². The third-order valence-electron chi connectivity index (χ3n) is 16.2. The zero-order chi connectivity index (χ0) is 67.0.